The maximum absolute atomic E-state index is 12.7. The zero-order chi connectivity index (χ0) is 25.9. The van der Waals surface area contributed by atoms with Gasteiger partial charge in [0.1, 0.15) is 12.3 Å². The zero-order valence-corrected chi connectivity index (χ0v) is 22.8. The molecule has 0 saturated carbocycles. The van der Waals surface area contributed by atoms with Crippen molar-refractivity contribution < 1.29 is 19.1 Å². The number of benzene rings is 2. The second-order valence-electron chi connectivity index (χ2n) is 7.41. The maximum Gasteiger partial charge on any atom is 0.279 e. The van der Waals surface area contributed by atoms with Crippen molar-refractivity contribution in [2.45, 2.75) is 42.4 Å². The Balaban J connectivity index is 1.45. The van der Waals surface area contributed by atoms with Crippen molar-refractivity contribution in [1.29, 1.82) is 0 Å². The highest BCUT2D eigenvalue weighted by Crippen LogP contribution is 2.36. The highest BCUT2D eigenvalue weighted by Gasteiger charge is 2.21. The molecule has 1 aromatic heterocycles. The third kappa shape index (κ3) is 8.67. The summed E-state index contributed by atoms with van der Waals surface area (Å²) in [7, 11) is 1.56. The fourth-order valence-corrected chi connectivity index (χ4v) is 5.10. The van der Waals surface area contributed by atoms with E-state index >= 15 is 0 Å². The van der Waals surface area contributed by atoms with Crippen LogP contribution in [0.1, 0.15) is 18.9 Å². The van der Waals surface area contributed by atoms with E-state index < -0.39 is 6.04 Å². The van der Waals surface area contributed by atoms with Crippen molar-refractivity contribution in [3.05, 3.63) is 58.1 Å². The van der Waals surface area contributed by atoms with Crippen molar-refractivity contribution in [2.75, 3.05) is 19.7 Å². The minimum atomic E-state index is -0.651. The summed E-state index contributed by atoms with van der Waals surface area (Å²) < 4.78 is 10.2. The fourth-order valence-electron chi connectivity index (χ4n) is 2.99. The first-order chi connectivity index (χ1) is 17.4. The van der Waals surface area contributed by atoms with Crippen LogP contribution in [-0.4, -0.2) is 56.9 Å². The van der Waals surface area contributed by atoms with Gasteiger partial charge in [-0.25, -0.2) is 0 Å². The molecule has 0 fully saturated rings. The lowest BCUT2D eigenvalue weighted by molar-refractivity contribution is -0.121. The lowest BCUT2D eigenvalue weighted by atomic mass is 10.1. The van der Waals surface area contributed by atoms with E-state index in [1.54, 1.807) is 25.3 Å². The van der Waals surface area contributed by atoms with Gasteiger partial charge in [0, 0.05) is 12.9 Å². The molecule has 2 aromatic carbocycles. The number of methoxy groups -OCH3 is 1. The molecule has 0 radical (unpaired) electrons. The standard InChI is InChI=1S/C23H25Cl2N5O4S2/c1-3-19(26-23(32)35-12-11-15-7-9-16(10-8-15)34-14-33-2)20(31)13-30-28-22(27-29-30)36-21-17(24)5-4-6-18(21)25/h4-10,19H,3,11-14H2,1-2H3,(H,26,32). The van der Waals surface area contributed by atoms with Crippen LogP contribution < -0.4 is 10.1 Å². The van der Waals surface area contributed by atoms with E-state index in [4.69, 9.17) is 32.7 Å². The lowest BCUT2D eigenvalue weighted by Gasteiger charge is -2.15. The average molecular weight is 571 g/mol. The Hall–Kier alpha value is -2.31. The molecule has 1 heterocycles. The summed E-state index contributed by atoms with van der Waals surface area (Å²) in [6.45, 7) is 1.90. The van der Waals surface area contributed by atoms with Crippen LogP contribution in [0, 0.1) is 0 Å². The van der Waals surface area contributed by atoms with Crippen molar-refractivity contribution in [3.63, 3.8) is 0 Å². The Morgan fingerprint density at radius 3 is 2.53 bits per heavy atom. The highest BCUT2D eigenvalue weighted by molar-refractivity contribution is 8.13. The van der Waals surface area contributed by atoms with Gasteiger partial charge in [-0.15, -0.1) is 10.2 Å². The molecule has 9 nitrogen and oxygen atoms in total. The molecule has 0 aliphatic rings. The Labute approximate surface area is 227 Å². The number of amides is 1. The Kier molecular flexibility index (Phi) is 11.3. The largest absolute Gasteiger partial charge is 0.468 e. The van der Waals surface area contributed by atoms with E-state index in [9.17, 15) is 9.59 Å². The summed E-state index contributed by atoms with van der Waals surface area (Å²) in [5.74, 6) is 1.07. The molecule has 3 aromatic rings. The summed E-state index contributed by atoms with van der Waals surface area (Å²) in [6, 6.07) is 12.1. The van der Waals surface area contributed by atoms with Gasteiger partial charge in [0.05, 0.1) is 21.0 Å². The quantitative estimate of drug-likeness (QED) is 0.279. The molecule has 0 spiro atoms. The van der Waals surface area contributed by atoms with Gasteiger partial charge in [-0.3, -0.25) is 9.59 Å². The fraction of sp³-hybridized carbons (Fsp3) is 0.348. The maximum atomic E-state index is 12.7. The monoisotopic (exact) mass is 569 g/mol. The van der Waals surface area contributed by atoms with Gasteiger partial charge in [0.25, 0.3) is 5.24 Å². The van der Waals surface area contributed by atoms with Gasteiger partial charge >= 0.3 is 0 Å². The van der Waals surface area contributed by atoms with Gasteiger partial charge in [-0.2, -0.15) is 4.80 Å². The van der Waals surface area contributed by atoms with Crippen LogP contribution in [0.15, 0.2) is 52.5 Å². The number of nitrogens with zero attached hydrogens (tertiary/aromatic N) is 4. The molecule has 1 unspecified atom stereocenters. The van der Waals surface area contributed by atoms with Crippen LogP contribution in [0.3, 0.4) is 0 Å². The third-order valence-corrected chi connectivity index (χ3v) is 7.46. The van der Waals surface area contributed by atoms with Crippen molar-refractivity contribution in [2.24, 2.45) is 0 Å². The van der Waals surface area contributed by atoms with E-state index in [1.807, 2.05) is 31.2 Å². The van der Waals surface area contributed by atoms with Crippen LogP contribution in [0.25, 0.3) is 0 Å². The first kappa shape index (κ1) is 28.3. The number of rotatable bonds is 13. The summed E-state index contributed by atoms with van der Waals surface area (Å²) >= 11 is 14.7. The van der Waals surface area contributed by atoms with Gasteiger partial charge < -0.3 is 14.8 Å². The lowest BCUT2D eigenvalue weighted by Crippen LogP contribution is -2.40. The van der Waals surface area contributed by atoms with Crippen LogP contribution in [0.2, 0.25) is 10.0 Å². The second-order valence-corrected chi connectivity index (χ2v) is 10.3. The van der Waals surface area contributed by atoms with Gasteiger partial charge in [0.2, 0.25) is 5.16 Å². The molecule has 1 N–H and O–H groups in total. The van der Waals surface area contributed by atoms with E-state index in [2.05, 4.69) is 20.7 Å². The number of hydrogen-bond acceptors (Lipinski definition) is 9. The predicted molar refractivity (Wildman–Crippen MR) is 141 cm³/mol. The molecular formula is C23H25Cl2N5O4S2. The summed E-state index contributed by atoms with van der Waals surface area (Å²) in [6.07, 6.45) is 1.14. The summed E-state index contributed by atoms with van der Waals surface area (Å²) in [5, 5.41) is 15.9. The first-order valence-electron chi connectivity index (χ1n) is 11.0. The summed E-state index contributed by atoms with van der Waals surface area (Å²) in [5.41, 5.74) is 1.08. The van der Waals surface area contributed by atoms with Crippen LogP contribution in [-0.2, 0) is 22.5 Å². The molecule has 192 valence electrons. The number of halogens is 2. The molecule has 36 heavy (non-hydrogen) atoms. The van der Waals surface area contributed by atoms with Crippen LogP contribution in [0.4, 0.5) is 4.79 Å². The molecular weight excluding hydrogens is 545 g/mol. The minimum Gasteiger partial charge on any atom is -0.468 e. The van der Waals surface area contributed by atoms with Gasteiger partial charge in [-0.05, 0) is 59.6 Å². The van der Waals surface area contributed by atoms with Crippen molar-refractivity contribution >= 4 is 57.7 Å². The SMILES string of the molecule is CCC(NC(=O)SCCc1ccc(OCOC)cc1)C(=O)Cn1nnc(Sc2c(Cl)cccc2Cl)n1. The second kappa shape index (κ2) is 14.4. The van der Waals surface area contributed by atoms with E-state index in [0.29, 0.717) is 38.7 Å². The number of nitrogens with one attached hydrogen (secondary N) is 1. The molecule has 0 aliphatic carbocycles. The van der Waals surface area contributed by atoms with Crippen LogP contribution in [0.5, 0.6) is 5.75 Å². The number of ketones is 1. The Morgan fingerprint density at radius 1 is 1.14 bits per heavy atom. The number of carbonyl (C=O) groups is 2. The van der Waals surface area contributed by atoms with Crippen molar-refractivity contribution in [3.8, 4) is 5.75 Å². The molecule has 3 rings (SSSR count). The zero-order valence-electron chi connectivity index (χ0n) is 19.6. The normalized spacial score (nSPS) is 11.8. The van der Waals surface area contributed by atoms with Gasteiger partial charge in [-0.1, -0.05) is 60.1 Å². The topological polar surface area (TPSA) is 108 Å². The Bertz CT molecular complexity index is 1140. The molecule has 0 saturated heterocycles. The Morgan fingerprint density at radius 2 is 1.86 bits per heavy atom. The van der Waals surface area contributed by atoms with Crippen molar-refractivity contribution in [1.82, 2.24) is 25.5 Å². The first-order valence-corrected chi connectivity index (χ1v) is 13.5. The number of aromatic nitrogens is 4. The van der Waals surface area contributed by atoms with Gasteiger partial charge in [0.15, 0.2) is 12.6 Å². The molecule has 1 amide bonds. The third-order valence-electron chi connectivity index (χ3n) is 4.82. The number of Topliss-reactive ketones (excluding diaryl/α,β-unsaturated/α-hetero) is 1. The predicted octanol–water partition coefficient (Wildman–Crippen LogP) is 5.15. The molecule has 13 heteroatoms. The number of aryl methyl sites for hydroxylation is 1. The molecule has 1 atom stereocenters. The average Bonchev–Trinajstić information content (AvgIpc) is 3.31. The number of tetrazole rings is 1. The van der Waals surface area contributed by atoms with Crippen LogP contribution >= 0.6 is 46.7 Å². The summed E-state index contributed by atoms with van der Waals surface area (Å²) in [4.78, 5) is 26.9. The smallest absolute Gasteiger partial charge is 0.279 e. The number of hydrogen-bond donors (Lipinski definition) is 1. The molecule has 0 bridgehead atoms. The number of carbonyl (C=O) groups excluding carboxylic acids is 2. The number of thioether (sulfide) groups is 1. The van der Waals surface area contributed by atoms with E-state index in [1.165, 1.54) is 4.80 Å². The van der Waals surface area contributed by atoms with E-state index in [0.717, 1.165) is 34.8 Å². The minimum absolute atomic E-state index is 0.120. The number of ether oxygens (including phenoxy) is 2. The van der Waals surface area contributed by atoms with E-state index in [-0.39, 0.29) is 24.4 Å². The molecule has 0 aliphatic heterocycles. The highest BCUT2D eigenvalue weighted by atomic mass is 35.5.